The standard InChI is InChI=1S/C19H22N6O2/c26-17(23-8-1-2-9-23)15-4-7-20-16(14-15)18(27)24-10-12-25(13-11-24)19-21-5-3-6-22-19/h3-7,14H,1-2,8-13H2. The first-order valence-corrected chi connectivity index (χ1v) is 9.29. The lowest BCUT2D eigenvalue weighted by Gasteiger charge is -2.34. The molecule has 0 N–H and O–H groups in total. The molecule has 0 aromatic carbocycles. The summed E-state index contributed by atoms with van der Waals surface area (Å²) in [5, 5.41) is 0. The van der Waals surface area contributed by atoms with E-state index in [0.29, 0.717) is 43.4 Å². The lowest BCUT2D eigenvalue weighted by Crippen LogP contribution is -2.49. The summed E-state index contributed by atoms with van der Waals surface area (Å²) in [6.45, 7) is 4.05. The molecular weight excluding hydrogens is 344 g/mol. The maximum atomic E-state index is 12.8. The minimum atomic E-state index is -0.139. The number of hydrogen-bond donors (Lipinski definition) is 0. The molecule has 0 bridgehead atoms. The summed E-state index contributed by atoms with van der Waals surface area (Å²) in [4.78, 5) is 43.8. The molecule has 0 saturated carbocycles. The summed E-state index contributed by atoms with van der Waals surface area (Å²) in [6.07, 6.45) is 7.06. The lowest BCUT2D eigenvalue weighted by molar-refractivity contribution is 0.0740. The summed E-state index contributed by atoms with van der Waals surface area (Å²) in [7, 11) is 0. The van der Waals surface area contributed by atoms with Gasteiger partial charge >= 0.3 is 0 Å². The molecule has 140 valence electrons. The minimum Gasteiger partial charge on any atom is -0.339 e. The normalized spacial score (nSPS) is 17.3. The Morgan fingerprint density at radius 1 is 0.778 bits per heavy atom. The molecule has 8 nitrogen and oxygen atoms in total. The smallest absolute Gasteiger partial charge is 0.272 e. The molecule has 0 radical (unpaired) electrons. The summed E-state index contributed by atoms with van der Waals surface area (Å²) >= 11 is 0. The molecule has 0 unspecified atom stereocenters. The van der Waals surface area contributed by atoms with Crippen molar-refractivity contribution < 1.29 is 9.59 Å². The van der Waals surface area contributed by atoms with Crippen molar-refractivity contribution in [3.63, 3.8) is 0 Å². The van der Waals surface area contributed by atoms with Gasteiger partial charge in [-0.25, -0.2) is 9.97 Å². The zero-order valence-electron chi connectivity index (χ0n) is 15.1. The fraction of sp³-hybridized carbons (Fsp3) is 0.421. The van der Waals surface area contributed by atoms with Crippen LogP contribution in [0.25, 0.3) is 0 Å². The van der Waals surface area contributed by atoms with Gasteiger partial charge in [0.2, 0.25) is 5.95 Å². The van der Waals surface area contributed by atoms with Crippen LogP contribution in [0.2, 0.25) is 0 Å². The number of aromatic nitrogens is 3. The SMILES string of the molecule is O=C(c1ccnc(C(=O)N2CCN(c3ncccn3)CC2)c1)N1CCCC1. The van der Waals surface area contributed by atoms with Crippen LogP contribution in [0.3, 0.4) is 0 Å². The first-order chi connectivity index (χ1) is 13.2. The Morgan fingerprint density at radius 3 is 2.15 bits per heavy atom. The molecule has 2 aliphatic heterocycles. The second kappa shape index (κ2) is 7.69. The van der Waals surface area contributed by atoms with E-state index in [2.05, 4.69) is 19.9 Å². The van der Waals surface area contributed by atoms with Gasteiger partial charge in [0.25, 0.3) is 11.8 Å². The summed E-state index contributed by atoms with van der Waals surface area (Å²) in [5.41, 5.74) is 0.857. The van der Waals surface area contributed by atoms with E-state index < -0.39 is 0 Å². The molecule has 2 amide bonds. The summed E-state index contributed by atoms with van der Waals surface area (Å²) in [6, 6.07) is 5.09. The van der Waals surface area contributed by atoms with Crippen molar-refractivity contribution in [1.82, 2.24) is 24.8 Å². The van der Waals surface area contributed by atoms with E-state index in [1.54, 1.807) is 41.7 Å². The van der Waals surface area contributed by atoms with E-state index in [1.165, 1.54) is 0 Å². The quantitative estimate of drug-likeness (QED) is 0.808. The molecule has 0 spiro atoms. The minimum absolute atomic E-state index is 0.0185. The third kappa shape index (κ3) is 3.74. The van der Waals surface area contributed by atoms with Crippen molar-refractivity contribution in [1.29, 1.82) is 0 Å². The zero-order valence-corrected chi connectivity index (χ0v) is 15.1. The molecular formula is C19H22N6O2. The second-order valence-electron chi connectivity index (χ2n) is 6.76. The van der Waals surface area contributed by atoms with E-state index in [-0.39, 0.29) is 11.8 Å². The van der Waals surface area contributed by atoms with Crippen LogP contribution in [0.4, 0.5) is 5.95 Å². The van der Waals surface area contributed by atoms with E-state index in [1.807, 2.05) is 4.90 Å². The van der Waals surface area contributed by atoms with Gasteiger partial charge in [0.05, 0.1) is 0 Å². The largest absolute Gasteiger partial charge is 0.339 e. The number of amides is 2. The summed E-state index contributed by atoms with van der Waals surface area (Å²) in [5.74, 6) is 0.524. The maximum absolute atomic E-state index is 12.8. The fourth-order valence-corrected chi connectivity index (χ4v) is 3.51. The maximum Gasteiger partial charge on any atom is 0.272 e. The highest BCUT2D eigenvalue weighted by Crippen LogP contribution is 2.15. The van der Waals surface area contributed by atoms with E-state index in [9.17, 15) is 9.59 Å². The molecule has 2 aliphatic rings. The third-order valence-corrected chi connectivity index (χ3v) is 5.02. The average Bonchev–Trinajstić information content (AvgIpc) is 3.28. The lowest BCUT2D eigenvalue weighted by atomic mass is 10.2. The van der Waals surface area contributed by atoms with Crippen LogP contribution in [-0.2, 0) is 0 Å². The monoisotopic (exact) mass is 366 g/mol. The second-order valence-corrected chi connectivity index (χ2v) is 6.76. The Hall–Kier alpha value is -3.03. The van der Waals surface area contributed by atoms with E-state index >= 15 is 0 Å². The molecule has 0 atom stereocenters. The number of piperazine rings is 1. The van der Waals surface area contributed by atoms with E-state index in [4.69, 9.17) is 0 Å². The predicted molar refractivity (Wildman–Crippen MR) is 99.5 cm³/mol. The van der Waals surface area contributed by atoms with Crippen molar-refractivity contribution in [2.45, 2.75) is 12.8 Å². The Labute approximate surface area is 157 Å². The first kappa shape index (κ1) is 17.4. The van der Waals surface area contributed by atoms with Crippen LogP contribution in [0, 0.1) is 0 Å². The Bertz CT molecular complexity index is 814. The fourth-order valence-electron chi connectivity index (χ4n) is 3.51. The first-order valence-electron chi connectivity index (χ1n) is 9.29. The van der Waals surface area contributed by atoms with Crippen molar-refractivity contribution in [3.05, 3.63) is 48.0 Å². The topological polar surface area (TPSA) is 82.5 Å². The van der Waals surface area contributed by atoms with Gasteiger partial charge in [-0.05, 0) is 31.0 Å². The van der Waals surface area contributed by atoms with Crippen LogP contribution < -0.4 is 4.90 Å². The molecule has 2 aromatic heterocycles. The van der Waals surface area contributed by atoms with Gasteiger partial charge in [0, 0.05) is 63.4 Å². The summed E-state index contributed by atoms with van der Waals surface area (Å²) < 4.78 is 0. The molecule has 2 fully saturated rings. The van der Waals surface area contributed by atoms with Gasteiger partial charge in [0.1, 0.15) is 5.69 Å². The molecule has 0 aliphatic carbocycles. The number of carbonyl (C=O) groups excluding carboxylic acids is 2. The number of rotatable bonds is 3. The molecule has 2 aromatic rings. The van der Waals surface area contributed by atoms with Crippen molar-refractivity contribution in [2.24, 2.45) is 0 Å². The highest BCUT2D eigenvalue weighted by atomic mass is 16.2. The zero-order chi connectivity index (χ0) is 18.6. The molecule has 4 rings (SSSR count). The van der Waals surface area contributed by atoms with Gasteiger partial charge in [-0.15, -0.1) is 0 Å². The van der Waals surface area contributed by atoms with Crippen molar-refractivity contribution >= 4 is 17.8 Å². The number of hydrogen-bond acceptors (Lipinski definition) is 6. The van der Waals surface area contributed by atoms with Crippen LogP contribution in [-0.4, -0.2) is 75.8 Å². The Kier molecular flexibility index (Phi) is 4.95. The molecule has 4 heterocycles. The predicted octanol–water partition coefficient (Wildman–Crippen LogP) is 1.07. The van der Waals surface area contributed by atoms with Gasteiger partial charge in [-0.2, -0.15) is 0 Å². The molecule has 2 saturated heterocycles. The van der Waals surface area contributed by atoms with Crippen molar-refractivity contribution in [2.75, 3.05) is 44.2 Å². The highest BCUT2D eigenvalue weighted by molar-refractivity contribution is 5.98. The number of nitrogens with zero attached hydrogens (tertiary/aromatic N) is 6. The Balaban J connectivity index is 1.41. The molecule has 27 heavy (non-hydrogen) atoms. The van der Waals surface area contributed by atoms with Gasteiger partial charge in [0.15, 0.2) is 0 Å². The van der Waals surface area contributed by atoms with Crippen LogP contribution in [0.1, 0.15) is 33.7 Å². The van der Waals surface area contributed by atoms with Gasteiger partial charge < -0.3 is 14.7 Å². The van der Waals surface area contributed by atoms with Crippen LogP contribution in [0.15, 0.2) is 36.8 Å². The van der Waals surface area contributed by atoms with Gasteiger partial charge in [-0.3, -0.25) is 14.6 Å². The number of pyridine rings is 1. The number of likely N-dealkylation sites (tertiary alicyclic amines) is 1. The third-order valence-electron chi connectivity index (χ3n) is 5.02. The van der Waals surface area contributed by atoms with Gasteiger partial charge in [-0.1, -0.05) is 0 Å². The van der Waals surface area contributed by atoms with Crippen LogP contribution in [0.5, 0.6) is 0 Å². The average molecular weight is 366 g/mol. The van der Waals surface area contributed by atoms with Crippen molar-refractivity contribution in [3.8, 4) is 0 Å². The highest BCUT2D eigenvalue weighted by Gasteiger charge is 2.25. The van der Waals surface area contributed by atoms with Crippen LogP contribution >= 0.6 is 0 Å². The Morgan fingerprint density at radius 2 is 1.44 bits per heavy atom. The number of anilines is 1. The van der Waals surface area contributed by atoms with E-state index in [0.717, 1.165) is 25.9 Å². The molecule has 8 heteroatoms. The number of carbonyl (C=O) groups is 2.